The third-order valence-corrected chi connectivity index (χ3v) is 2.68. The lowest BCUT2D eigenvalue weighted by atomic mass is 10.1. The number of hydrogen-bond donors (Lipinski definition) is 0. The van der Waals surface area contributed by atoms with Crippen LogP contribution in [0.25, 0.3) is 0 Å². The summed E-state index contributed by atoms with van der Waals surface area (Å²) in [6, 6.07) is 4.50. The van der Waals surface area contributed by atoms with Crippen LogP contribution in [0.3, 0.4) is 0 Å². The number of hydrogen-bond acceptors (Lipinski definition) is 2. The first-order valence-corrected chi connectivity index (χ1v) is 6.03. The highest BCUT2D eigenvalue weighted by Crippen LogP contribution is 2.26. The number of halogens is 2. The average molecular weight is 252 g/mol. The molecular formula is C14H18F2N2. The van der Waals surface area contributed by atoms with E-state index in [4.69, 9.17) is 5.26 Å². The quantitative estimate of drug-likeness (QED) is 0.816. The van der Waals surface area contributed by atoms with E-state index in [1.807, 2.05) is 32.6 Å². The zero-order valence-corrected chi connectivity index (χ0v) is 11.2. The van der Waals surface area contributed by atoms with Crippen molar-refractivity contribution in [2.75, 3.05) is 11.4 Å². The Kier molecular flexibility index (Phi) is 4.66. The second-order valence-corrected chi connectivity index (χ2v) is 5.01. The molecule has 0 saturated carbocycles. The molecule has 4 heteroatoms. The molecule has 0 N–H and O–H groups in total. The van der Waals surface area contributed by atoms with Gasteiger partial charge in [-0.25, -0.2) is 8.78 Å². The molecule has 0 aliphatic heterocycles. The third kappa shape index (κ3) is 2.98. The van der Waals surface area contributed by atoms with Crippen molar-refractivity contribution >= 4 is 5.69 Å². The van der Waals surface area contributed by atoms with Gasteiger partial charge in [-0.05, 0) is 31.9 Å². The summed E-state index contributed by atoms with van der Waals surface area (Å²) in [6.07, 6.45) is 0. The third-order valence-electron chi connectivity index (χ3n) is 2.68. The Morgan fingerprint density at radius 2 is 1.78 bits per heavy atom. The first-order chi connectivity index (χ1) is 8.38. The van der Waals surface area contributed by atoms with Crippen molar-refractivity contribution in [2.45, 2.75) is 33.7 Å². The van der Waals surface area contributed by atoms with Crippen molar-refractivity contribution in [3.8, 4) is 6.07 Å². The van der Waals surface area contributed by atoms with Crippen LogP contribution < -0.4 is 4.90 Å². The highest BCUT2D eigenvalue weighted by Gasteiger charge is 2.20. The zero-order valence-electron chi connectivity index (χ0n) is 11.2. The van der Waals surface area contributed by atoms with Crippen LogP contribution in [0.4, 0.5) is 14.5 Å². The van der Waals surface area contributed by atoms with Gasteiger partial charge in [0.2, 0.25) is 0 Å². The monoisotopic (exact) mass is 252 g/mol. The Morgan fingerprint density at radius 1 is 1.17 bits per heavy atom. The SMILES string of the molecule is CC(C)CN(c1ccc(C#N)c(F)c1F)C(C)C. The maximum atomic E-state index is 13.9. The Bertz CT molecular complexity index is 462. The Balaban J connectivity index is 3.22. The van der Waals surface area contributed by atoms with E-state index in [1.165, 1.54) is 12.1 Å². The molecular weight excluding hydrogens is 234 g/mol. The van der Waals surface area contributed by atoms with Gasteiger partial charge >= 0.3 is 0 Å². The second kappa shape index (κ2) is 5.81. The van der Waals surface area contributed by atoms with Gasteiger partial charge in [0.05, 0.1) is 11.3 Å². The van der Waals surface area contributed by atoms with Crippen molar-refractivity contribution in [1.82, 2.24) is 0 Å². The summed E-state index contributed by atoms with van der Waals surface area (Å²) in [5.41, 5.74) is -0.0419. The fourth-order valence-electron chi connectivity index (χ4n) is 1.83. The summed E-state index contributed by atoms with van der Waals surface area (Å²) in [5.74, 6) is -1.67. The molecule has 1 aromatic rings. The Morgan fingerprint density at radius 3 is 2.22 bits per heavy atom. The van der Waals surface area contributed by atoms with Gasteiger partial charge in [-0.1, -0.05) is 13.8 Å². The molecule has 98 valence electrons. The van der Waals surface area contributed by atoms with Crippen molar-refractivity contribution in [1.29, 1.82) is 5.26 Å². The van der Waals surface area contributed by atoms with Crippen molar-refractivity contribution in [2.24, 2.45) is 5.92 Å². The molecule has 2 nitrogen and oxygen atoms in total. The van der Waals surface area contributed by atoms with E-state index in [-0.39, 0.29) is 17.3 Å². The van der Waals surface area contributed by atoms with E-state index in [9.17, 15) is 8.78 Å². The molecule has 1 aromatic carbocycles. The summed E-state index contributed by atoms with van der Waals surface area (Å²) < 4.78 is 27.5. The molecule has 0 heterocycles. The summed E-state index contributed by atoms with van der Waals surface area (Å²) in [4.78, 5) is 1.81. The molecule has 1 rings (SSSR count). The minimum absolute atomic E-state index is 0.0641. The van der Waals surface area contributed by atoms with Gasteiger partial charge in [0.15, 0.2) is 11.6 Å². The summed E-state index contributed by atoms with van der Waals surface area (Å²) in [6.45, 7) is 8.54. The number of nitrogens with zero attached hydrogens (tertiary/aromatic N) is 2. The molecule has 0 unspecified atom stereocenters. The highest BCUT2D eigenvalue weighted by molar-refractivity contribution is 5.52. The van der Waals surface area contributed by atoms with Gasteiger partial charge in [0.25, 0.3) is 0 Å². The lowest BCUT2D eigenvalue weighted by Crippen LogP contribution is -2.35. The standard InChI is InChI=1S/C14H18F2N2/c1-9(2)8-18(10(3)4)12-6-5-11(7-17)13(15)14(12)16/h5-6,9-10H,8H2,1-4H3. The normalized spacial score (nSPS) is 10.8. The molecule has 0 spiro atoms. The van der Waals surface area contributed by atoms with Gasteiger partial charge in [0, 0.05) is 12.6 Å². The van der Waals surface area contributed by atoms with Crippen LogP contribution in [0.2, 0.25) is 0 Å². The van der Waals surface area contributed by atoms with Crippen LogP contribution in [0.1, 0.15) is 33.3 Å². The smallest absolute Gasteiger partial charge is 0.183 e. The lowest BCUT2D eigenvalue weighted by Gasteiger charge is -2.31. The number of nitriles is 1. The zero-order chi connectivity index (χ0) is 13.9. The molecule has 0 aliphatic carbocycles. The van der Waals surface area contributed by atoms with E-state index < -0.39 is 11.6 Å². The number of rotatable bonds is 4. The highest BCUT2D eigenvalue weighted by atomic mass is 19.2. The van der Waals surface area contributed by atoms with Gasteiger partial charge in [-0.3, -0.25) is 0 Å². The van der Waals surface area contributed by atoms with Crippen LogP contribution in [-0.4, -0.2) is 12.6 Å². The molecule has 0 atom stereocenters. The van der Waals surface area contributed by atoms with Crippen LogP contribution in [0, 0.1) is 28.9 Å². The predicted octanol–water partition coefficient (Wildman–Crippen LogP) is 3.71. The van der Waals surface area contributed by atoms with E-state index in [0.717, 1.165) is 0 Å². The summed E-state index contributed by atoms with van der Waals surface area (Å²) in [7, 11) is 0. The molecule has 0 saturated heterocycles. The molecule has 0 radical (unpaired) electrons. The van der Waals surface area contributed by atoms with Crippen LogP contribution in [0.5, 0.6) is 0 Å². The molecule has 0 aromatic heterocycles. The predicted molar refractivity (Wildman–Crippen MR) is 68.4 cm³/mol. The van der Waals surface area contributed by atoms with E-state index in [2.05, 4.69) is 0 Å². The minimum Gasteiger partial charge on any atom is -0.366 e. The maximum Gasteiger partial charge on any atom is 0.183 e. The van der Waals surface area contributed by atoms with Gasteiger partial charge < -0.3 is 4.90 Å². The van der Waals surface area contributed by atoms with Crippen LogP contribution >= 0.6 is 0 Å². The van der Waals surface area contributed by atoms with Gasteiger partial charge in [-0.2, -0.15) is 5.26 Å². The molecule has 18 heavy (non-hydrogen) atoms. The first-order valence-electron chi connectivity index (χ1n) is 6.03. The number of benzene rings is 1. The average Bonchev–Trinajstić information content (AvgIpc) is 2.29. The number of anilines is 1. The molecule has 0 bridgehead atoms. The first kappa shape index (κ1) is 14.4. The fourth-order valence-corrected chi connectivity index (χ4v) is 1.83. The Labute approximate surface area is 107 Å². The van der Waals surface area contributed by atoms with Crippen molar-refractivity contribution in [3.05, 3.63) is 29.3 Å². The van der Waals surface area contributed by atoms with Gasteiger partial charge in [0.1, 0.15) is 6.07 Å². The summed E-state index contributed by atoms with van der Waals surface area (Å²) in [5, 5.41) is 8.66. The largest absolute Gasteiger partial charge is 0.366 e. The maximum absolute atomic E-state index is 13.9. The van der Waals surface area contributed by atoms with E-state index >= 15 is 0 Å². The molecule has 0 aliphatic rings. The van der Waals surface area contributed by atoms with E-state index in [1.54, 1.807) is 6.07 Å². The van der Waals surface area contributed by atoms with Crippen molar-refractivity contribution < 1.29 is 8.78 Å². The lowest BCUT2D eigenvalue weighted by molar-refractivity contribution is 0.492. The minimum atomic E-state index is -1.07. The summed E-state index contributed by atoms with van der Waals surface area (Å²) >= 11 is 0. The van der Waals surface area contributed by atoms with Crippen LogP contribution in [0.15, 0.2) is 12.1 Å². The fraction of sp³-hybridized carbons (Fsp3) is 0.500. The Hall–Kier alpha value is -1.63. The second-order valence-electron chi connectivity index (χ2n) is 5.01. The molecule has 0 fully saturated rings. The van der Waals surface area contributed by atoms with Crippen molar-refractivity contribution in [3.63, 3.8) is 0 Å². The molecule has 0 amide bonds. The van der Waals surface area contributed by atoms with E-state index in [0.29, 0.717) is 12.5 Å². The topological polar surface area (TPSA) is 27.0 Å². The van der Waals surface area contributed by atoms with Crippen LogP contribution in [-0.2, 0) is 0 Å². The van der Waals surface area contributed by atoms with Gasteiger partial charge in [-0.15, -0.1) is 0 Å².